The lowest BCUT2D eigenvalue weighted by Crippen LogP contribution is -3.12. The molecule has 5 nitrogen and oxygen atoms in total. The zero-order valence-electron chi connectivity index (χ0n) is 14.5. The van der Waals surface area contributed by atoms with Crippen LogP contribution in [0.4, 0.5) is 5.82 Å². The fourth-order valence-electron chi connectivity index (χ4n) is 3.24. The molecule has 0 unspecified atom stereocenters. The first-order valence-electron chi connectivity index (χ1n) is 8.70. The summed E-state index contributed by atoms with van der Waals surface area (Å²) < 4.78 is 4.11. The second-order valence-corrected chi connectivity index (χ2v) is 8.09. The Balaban J connectivity index is 1.92. The molecule has 7 heteroatoms. The number of nitrogens with zero attached hydrogens (tertiary/aromatic N) is 4. The molecule has 1 saturated heterocycles. The SMILES string of the molecule is CCn1c(=S)sc2c(N3CC[NH+](C)CC3)nc(-c3ccccc3)nc21. The van der Waals surface area contributed by atoms with Gasteiger partial charge in [-0.2, -0.15) is 0 Å². The minimum Gasteiger partial charge on any atom is -0.344 e. The molecule has 1 aliphatic rings. The molecule has 1 N–H and O–H groups in total. The van der Waals surface area contributed by atoms with E-state index in [4.69, 9.17) is 22.2 Å². The van der Waals surface area contributed by atoms with Crippen LogP contribution in [-0.4, -0.2) is 47.8 Å². The average Bonchev–Trinajstić information content (AvgIpc) is 2.97. The summed E-state index contributed by atoms with van der Waals surface area (Å²) >= 11 is 7.22. The van der Waals surface area contributed by atoms with E-state index in [0.717, 1.165) is 64.2 Å². The lowest BCUT2D eigenvalue weighted by atomic mass is 10.2. The topological polar surface area (TPSA) is 38.4 Å². The molecule has 0 amide bonds. The summed E-state index contributed by atoms with van der Waals surface area (Å²) in [6, 6.07) is 10.2. The van der Waals surface area contributed by atoms with Crippen LogP contribution in [0.25, 0.3) is 21.7 Å². The fraction of sp³-hybridized carbons (Fsp3) is 0.389. The van der Waals surface area contributed by atoms with Crippen molar-refractivity contribution < 1.29 is 4.90 Å². The molecule has 0 atom stereocenters. The lowest BCUT2D eigenvalue weighted by Gasteiger charge is -2.31. The van der Waals surface area contributed by atoms with Gasteiger partial charge < -0.3 is 14.4 Å². The maximum absolute atomic E-state index is 5.58. The molecule has 4 rings (SSSR count). The van der Waals surface area contributed by atoms with Gasteiger partial charge in [0, 0.05) is 12.1 Å². The zero-order chi connectivity index (χ0) is 17.4. The molecule has 3 heterocycles. The van der Waals surface area contributed by atoms with Crippen LogP contribution < -0.4 is 9.80 Å². The maximum atomic E-state index is 5.58. The van der Waals surface area contributed by atoms with E-state index in [9.17, 15) is 0 Å². The predicted molar refractivity (Wildman–Crippen MR) is 106 cm³/mol. The highest BCUT2D eigenvalue weighted by Crippen LogP contribution is 2.32. The van der Waals surface area contributed by atoms with Crippen molar-refractivity contribution in [1.82, 2.24) is 14.5 Å². The molecule has 0 radical (unpaired) electrons. The highest BCUT2D eigenvalue weighted by atomic mass is 32.1. The van der Waals surface area contributed by atoms with Crippen molar-refractivity contribution in [3.05, 3.63) is 34.3 Å². The van der Waals surface area contributed by atoms with Gasteiger partial charge >= 0.3 is 0 Å². The molecule has 1 aliphatic heterocycles. The number of aryl methyl sites for hydroxylation is 1. The Labute approximate surface area is 156 Å². The number of rotatable bonds is 3. The third-order valence-electron chi connectivity index (χ3n) is 4.76. The van der Waals surface area contributed by atoms with Gasteiger partial charge in [-0.15, -0.1) is 0 Å². The van der Waals surface area contributed by atoms with Gasteiger partial charge in [-0.3, -0.25) is 0 Å². The number of nitrogens with one attached hydrogen (secondary N) is 1. The van der Waals surface area contributed by atoms with Gasteiger partial charge in [0.15, 0.2) is 21.2 Å². The van der Waals surface area contributed by atoms with E-state index in [-0.39, 0.29) is 0 Å². The number of hydrogen-bond acceptors (Lipinski definition) is 5. The van der Waals surface area contributed by atoms with Crippen molar-refractivity contribution in [3.63, 3.8) is 0 Å². The Morgan fingerprint density at radius 3 is 2.56 bits per heavy atom. The van der Waals surface area contributed by atoms with Crippen LogP contribution in [-0.2, 0) is 6.54 Å². The second kappa shape index (κ2) is 6.82. The van der Waals surface area contributed by atoms with E-state index < -0.39 is 0 Å². The van der Waals surface area contributed by atoms with Crippen molar-refractivity contribution >= 4 is 39.7 Å². The Kier molecular flexibility index (Phi) is 4.54. The molecule has 25 heavy (non-hydrogen) atoms. The molecular formula is C18H22N5S2+. The van der Waals surface area contributed by atoms with Gasteiger partial charge in [-0.25, -0.2) is 9.97 Å². The first-order chi connectivity index (χ1) is 12.2. The van der Waals surface area contributed by atoms with Gasteiger partial charge in [0.05, 0.1) is 33.2 Å². The van der Waals surface area contributed by atoms with Crippen molar-refractivity contribution in [1.29, 1.82) is 0 Å². The van der Waals surface area contributed by atoms with Crippen molar-refractivity contribution in [2.75, 3.05) is 38.1 Å². The number of piperazine rings is 1. The standard InChI is InChI=1S/C18H21N5S2/c1-3-23-17-14(25-18(23)24)16(22-11-9-21(2)10-12-22)19-15(20-17)13-7-5-4-6-8-13/h4-8H,3,9-12H2,1-2H3/p+1. The maximum Gasteiger partial charge on any atom is 0.164 e. The number of likely N-dealkylation sites (N-methyl/N-ethyl adjacent to an activating group) is 1. The van der Waals surface area contributed by atoms with Crippen LogP contribution in [0.3, 0.4) is 0 Å². The van der Waals surface area contributed by atoms with Crippen molar-refractivity contribution in [3.8, 4) is 11.4 Å². The van der Waals surface area contributed by atoms with E-state index in [2.05, 4.69) is 35.6 Å². The van der Waals surface area contributed by atoms with Gasteiger partial charge in [0.2, 0.25) is 0 Å². The Morgan fingerprint density at radius 1 is 1.16 bits per heavy atom. The summed E-state index contributed by atoms with van der Waals surface area (Å²) in [5, 5.41) is 0. The van der Waals surface area contributed by atoms with Crippen molar-refractivity contribution in [2.45, 2.75) is 13.5 Å². The largest absolute Gasteiger partial charge is 0.344 e. The van der Waals surface area contributed by atoms with E-state index in [0.29, 0.717) is 0 Å². The normalized spacial score (nSPS) is 15.8. The molecular weight excluding hydrogens is 350 g/mol. The predicted octanol–water partition coefficient (Wildman–Crippen LogP) is 2.24. The van der Waals surface area contributed by atoms with Crippen LogP contribution in [0.2, 0.25) is 0 Å². The Morgan fingerprint density at radius 2 is 1.88 bits per heavy atom. The van der Waals surface area contributed by atoms with Gasteiger partial charge in [0.25, 0.3) is 0 Å². The fourth-order valence-corrected chi connectivity index (χ4v) is 4.72. The number of anilines is 1. The molecule has 0 bridgehead atoms. The van der Waals surface area contributed by atoms with Crippen LogP contribution in [0.15, 0.2) is 30.3 Å². The summed E-state index contributed by atoms with van der Waals surface area (Å²) in [6.45, 7) is 7.24. The van der Waals surface area contributed by atoms with E-state index in [1.54, 1.807) is 16.2 Å². The molecule has 0 spiro atoms. The number of fused-ring (bicyclic) bond motifs is 1. The van der Waals surface area contributed by atoms with Crippen LogP contribution in [0.5, 0.6) is 0 Å². The quantitative estimate of drug-likeness (QED) is 0.716. The summed E-state index contributed by atoms with van der Waals surface area (Å²) in [6.07, 6.45) is 0. The molecule has 3 aromatic rings. The number of benzene rings is 1. The molecule has 0 aliphatic carbocycles. The van der Waals surface area contributed by atoms with E-state index in [1.807, 2.05) is 18.2 Å². The molecule has 1 aromatic carbocycles. The number of hydrogen-bond donors (Lipinski definition) is 1. The minimum absolute atomic E-state index is 0.782. The van der Waals surface area contributed by atoms with Crippen LogP contribution in [0, 0.1) is 3.95 Å². The van der Waals surface area contributed by atoms with Gasteiger partial charge in [-0.1, -0.05) is 41.7 Å². The van der Waals surface area contributed by atoms with Crippen molar-refractivity contribution in [2.24, 2.45) is 0 Å². The zero-order valence-corrected chi connectivity index (χ0v) is 16.2. The van der Waals surface area contributed by atoms with Gasteiger partial charge in [0.1, 0.15) is 4.70 Å². The minimum atomic E-state index is 0.782. The van der Waals surface area contributed by atoms with E-state index >= 15 is 0 Å². The molecule has 130 valence electrons. The molecule has 1 fully saturated rings. The smallest absolute Gasteiger partial charge is 0.164 e. The Bertz CT molecular complexity index is 939. The van der Waals surface area contributed by atoms with Crippen LogP contribution >= 0.6 is 23.6 Å². The number of quaternary nitrogens is 1. The first kappa shape index (κ1) is 16.6. The monoisotopic (exact) mass is 372 g/mol. The summed E-state index contributed by atoms with van der Waals surface area (Å²) in [5.74, 6) is 1.82. The molecule has 0 saturated carbocycles. The highest BCUT2D eigenvalue weighted by molar-refractivity contribution is 7.73. The third kappa shape index (κ3) is 3.07. The van der Waals surface area contributed by atoms with Gasteiger partial charge in [-0.05, 0) is 19.1 Å². The second-order valence-electron chi connectivity index (χ2n) is 6.45. The van der Waals surface area contributed by atoms with Crippen LogP contribution in [0.1, 0.15) is 6.92 Å². The lowest BCUT2D eigenvalue weighted by molar-refractivity contribution is -0.880. The summed E-state index contributed by atoms with van der Waals surface area (Å²) in [4.78, 5) is 13.8. The number of thiazole rings is 1. The summed E-state index contributed by atoms with van der Waals surface area (Å²) in [5.41, 5.74) is 2.01. The summed E-state index contributed by atoms with van der Waals surface area (Å²) in [7, 11) is 2.25. The first-order valence-corrected chi connectivity index (χ1v) is 9.93. The number of aromatic nitrogens is 3. The highest BCUT2D eigenvalue weighted by Gasteiger charge is 2.23. The third-order valence-corrected chi connectivity index (χ3v) is 6.19. The van der Waals surface area contributed by atoms with E-state index in [1.165, 1.54) is 0 Å². The molecule has 2 aromatic heterocycles. The average molecular weight is 373 g/mol. The Hall–Kier alpha value is -1.83.